The van der Waals surface area contributed by atoms with E-state index in [1.54, 1.807) is 39.0 Å². The minimum atomic E-state index is -4.26. The van der Waals surface area contributed by atoms with Crippen molar-refractivity contribution in [2.24, 2.45) is 17.3 Å². The third-order valence-electron chi connectivity index (χ3n) is 8.70. The summed E-state index contributed by atoms with van der Waals surface area (Å²) in [5.41, 5.74) is -2.16. The summed E-state index contributed by atoms with van der Waals surface area (Å²) >= 11 is 3.27. The van der Waals surface area contributed by atoms with Crippen molar-refractivity contribution < 1.29 is 41.3 Å². The molecule has 14 heteroatoms. The number of nitrogens with zero attached hydrogens (tertiary/aromatic N) is 1. The average Bonchev–Trinajstić information content (AvgIpc) is 3.26. The number of alkyl carbamates (subject to hydrolysis) is 1. The van der Waals surface area contributed by atoms with E-state index < -0.39 is 63.1 Å². The van der Waals surface area contributed by atoms with Crippen molar-refractivity contribution in [2.75, 3.05) is 13.7 Å². The lowest BCUT2D eigenvalue weighted by Gasteiger charge is -2.35. The van der Waals surface area contributed by atoms with Crippen LogP contribution in [0.25, 0.3) is 0 Å². The van der Waals surface area contributed by atoms with Crippen LogP contribution in [0.2, 0.25) is 0 Å². The molecular formula is C31H42BrN3O9S. The second-order valence-corrected chi connectivity index (χ2v) is 15.7. The molecule has 2 aliphatic carbocycles. The molecule has 1 saturated heterocycles. The van der Waals surface area contributed by atoms with Gasteiger partial charge in [-0.3, -0.25) is 13.8 Å². The highest BCUT2D eigenvalue weighted by Crippen LogP contribution is 2.45. The first-order valence-corrected chi connectivity index (χ1v) is 17.2. The van der Waals surface area contributed by atoms with Crippen LogP contribution < -0.4 is 10.6 Å². The number of methoxy groups -OCH3 is 1. The topological polar surface area (TPSA) is 157 Å². The van der Waals surface area contributed by atoms with Gasteiger partial charge in [0.1, 0.15) is 23.7 Å². The van der Waals surface area contributed by atoms with Crippen LogP contribution in [0.1, 0.15) is 59.8 Å². The predicted octanol–water partition coefficient (Wildman–Crippen LogP) is 3.69. The normalized spacial score (nSPS) is 28.6. The van der Waals surface area contributed by atoms with Crippen molar-refractivity contribution in [3.63, 3.8) is 0 Å². The molecule has 1 aromatic carbocycles. The lowest BCUT2D eigenvalue weighted by atomic mass is 9.85. The van der Waals surface area contributed by atoms with E-state index in [9.17, 15) is 27.6 Å². The van der Waals surface area contributed by atoms with Gasteiger partial charge in [-0.25, -0.2) is 9.59 Å². The van der Waals surface area contributed by atoms with E-state index in [0.717, 1.165) is 19.3 Å². The van der Waals surface area contributed by atoms with Gasteiger partial charge in [0.15, 0.2) is 0 Å². The molecule has 3 aliphatic rings. The standard InChI is InChI=1S/C31H42BrN3O9S/c1-7-19-16-31(19,28(38)42-6)34-26(36)24-15-22(44-45(40,41)23-12-9-20(32)10-13-23)17-35(24)27(37)25(30(3,4)5)33-29(39)43-21-11-8-18(2)14-21/h7,9-10,12-13,18-19,21-22,24-25H,1,8,11,14-17H2,2-6H3,(H,33,39)(H,34,36)/t18-,19-,21+,22-,24+,25-,31?/m1/s1. The molecule has 0 aromatic heterocycles. The van der Waals surface area contributed by atoms with Gasteiger partial charge in [0.2, 0.25) is 11.8 Å². The number of benzene rings is 1. The number of halogens is 1. The summed E-state index contributed by atoms with van der Waals surface area (Å²) in [4.78, 5) is 54.7. The number of hydrogen-bond acceptors (Lipinski definition) is 9. The first kappa shape index (κ1) is 34.9. The summed E-state index contributed by atoms with van der Waals surface area (Å²) in [5, 5.41) is 5.44. The number of carbonyl (C=O) groups excluding carboxylic acids is 4. The van der Waals surface area contributed by atoms with Gasteiger partial charge in [0.25, 0.3) is 10.1 Å². The zero-order valence-electron chi connectivity index (χ0n) is 26.2. The van der Waals surface area contributed by atoms with Crippen LogP contribution in [-0.2, 0) is 38.2 Å². The molecule has 3 fully saturated rings. The van der Waals surface area contributed by atoms with Crippen LogP contribution in [0.4, 0.5) is 4.79 Å². The van der Waals surface area contributed by atoms with E-state index in [0.29, 0.717) is 10.4 Å². The van der Waals surface area contributed by atoms with Crippen LogP contribution in [0.5, 0.6) is 0 Å². The monoisotopic (exact) mass is 711 g/mol. The largest absolute Gasteiger partial charge is 0.467 e. The summed E-state index contributed by atoms with van der Waals surface area (Å²) in [5.74, 6) is -1.89. The molecule has 248 valence electrons. The molecule has 1 aromatic rings. The molecule has 2 saturated carbocycles. The SMILES string of the molecule is C=C[C@@H]1CC1(NC(=O)[C@@H]1C[C@@H](OS(=O)(=O)c2ccc(Br)cc2)CN1C(=O)[C@@H](NC(=O)O[C@H]1CC[C@@H](C)C1)C(C)(C)C)C(=O)OC. The van der Waals surface area contributed by atoms with Crippen LogP contribution >= 0.6 is 15.9 Å². The molecule has 1 aliphatic heterocycles. The quantitative estimate of drug-likeness (QED) is 0.210. The van der Waals surface area contributed by atoms with Crippen molar-refractivity contribution in [1.29, 1.82) is 0 Å². The molecule has 45 heavy (non-hydrogen) atoms. The van der Waals surface area contributed by atoms with E-state index in [-0.39, 0.29) is 36.3 Å². The molecule has 4 rings (SSSR count). The van der Waals surface area contributed by atoms with E-state index in [4.69, 9.17) is 13.7 Å². The van der Waals surface area contributed by atoms with Gasteiger partial charge in [0, 0.05) is 23.4 Å². The zero-order chi connectivity index (χ0) is 33.3. The third-order valence-corrected chi connectivity index (χ3v) is 10.6. The lowest BCUT2D eigenvalue weighted by Crippen LogP contribution is -2.59. The average molecular weight is 713 g/mol. The van der Waals surface area contributed by atoms with Crippen molar-refractivity contribution in [2.45, 2.75) is 94.5 Å². The maximum absolute atomic E-state index is 14.2. The van der Waals surface area contributed by atoms with Gasteiger partial charge in [0.05, 0.1) is 18.1 Å². The smallest absolute Gasteiger partial charge is 0.408 e. The Labute approximate surface area is 272 Å². The summed E-state index contributed by atoms with van der Waals surface area (Å²) in [6, 6.07) is 3.52. The Hall–Kier alpha value is -2.97. The number of ether oxygens (including phenoxy) is 2. The Morgan fingerprint density at radius 3 is 2.31 bits per heavy atom. The second kappa shape index (κ2) is 13.4. The minimum absolute atomic E-state index is 0.0915. The molecule has 1 unspecified atom stereocenters. The van der Waals surface area contributed by atoms with Gasteiger partial charge in [-0.05, 0) is 61.3 Å². The first-order chi connectivity index (χ1) is 21.0. The van der Waals surface area contributed by atoms with Gasteiger partial charge >= 0.3 is 12.1 Å². The number of rotatable bonds is 10. The molecular weight excluding hydrogens is 670 g/mol. The first-order valence-electron chi connectivity index (χ1n) is 15.0. The van der Waals surface area contributed by atoms with E-state index in [1.807, 2.05) is 0 Å². The van der Waals surface area contributed by atoms with Crippen LogP contribution in [0, 0.1) is 17.3 Å². The van der Waals surface area contributed by atoms with Gasteiger partial charge in [-0.2, -0.15) is 8.42 Å². The number of esters is 1. The number of amides is 3. The lowest BCUT2D eigenvalue weighted by molar-refractivity contribution is -0.148. The van der Waals surface area contributed by atoms with E-state index >= 15 is 0 Å². The molecule has 0 spiro atoms. The fourth-order valence-electron chi connectivity index (χ4n) is 6.06. The Balaban J connectivity index is 1.59. The minimum Gasteiger partial charge on any atom is -0.467 e. The highest BCUT2D eigenvalue weighted by molar-refractivity contribution is 9.10. The number of hydrogen-bond donors (Lipinski definition) is 2. The third kappa shape index (κ3) is 7.89. The maximum Gasteiger partial charge on any atom is 0.408 e. The number of carbonyl (C=O) groups is 4. The Kier molecular flexibility index (Phi) is 10.4. The van der Waals surface area contributed by atoms with Crippen molar-refractivity contribution in [3.8, 4) is 0 Å². The maximum atomic E-state index is 14.2. The molecule has 0 bridgehead atoms. The fourth-order valence-corrected chi connectivity index (χ4v) is 7.40. The van der Waals surface area contributed by atoms with E-state index in [1.165, 1.54) is 24.1 Å². The molecule has 1 heterocycles. The summed E-state index contributed by atoms with van der Waals surface area (Å²) in [7, 11) is -3.05. The Morgan fingerprint density at radius 1 is 1.11 bits per heavy atom. The predicted molar refractivity (Wildman–Crippen MR) is 167 cm³/mol. The highest BCUT2D eigenvalue weighted by Gasteiger charge is 2.62. The Bertz CT molecular complexity index is 1430. The number of nitrogens with one attached hydrogen (secondary N) is 2. The Morgan fingerprint density at radius 2 is 1.78 bits per heavy atom. The van der Waals surface area contributed by atoms with Crippen LogP contribution in [0.15, 0.2) is 46.3 Å². The van der Waals surface area contributed by atoms with Gasteiger partial charge in [-0.1, -0.05) is 49.7 Å². The van der Waals surface area contributed by atoms with Crippen LogP contribution in [-0.4, -0.2) is 80.7 Å². The molecule has 12 nitrogen and oxygen atoms in total. The highest BCUT2D eigenvalue weighted by atomic mass is 79.9. The second-order valence-electron chi connectivity index (χ2n) is 13.3. The van der Waals surface area contributed by atoms with Crippen molar-refractivity contribution in [1.82, 2.24) is 15.5 Å². The number of likely N-dealkylation sites (tertiary alicyclic amines) is 1. The van der Waals surface area contributed by atoms with Crippen molar-refractivity contribution >= 4 is 49.9 Å². The van der Waals surface area contributed by atoms with Gasteiger partial charge in [-0.15, -0.1) is 6.58 Å². The summed E-state index contributed by atoms with van der Waals surface area (Å²) in [6.45, 7) is 10.8. The van der Waals surface area contributed by atoms with Crippen molar-refractivity contribution in [3.05, 3.63) is 41.4 Å². The molecule has 3 amide bonds. The summed E-state index contributed by atoms with van der Waals surface area (Å²) in [6.07, 6.45) is 1.95. The summed E-state index contributed by atoms with van der Waals surface area (Å²) < 4.78 is 43.0. The zero-order valence-corrected chi connectivity index (χ0v) is 28.6. The van der Waals surface area contributed by atoms with E-state index in [2.05, 4.69) is 40.1 Å². The molecule has 0 radical (unpaired) electrons. The van der Waals surface area contributed by atoms with Crippen LogP contribution in [0.3, 0.4) is 0 Å². The van der Waals surface area contributed by atoms with Gasteiger partial charge < -0.3 is 25.0 Å². The fraction of sp³-hybridized carbons (Fsp3) is 0.613. The molecule has 7 atom stereocenters. The molecule has 2 N–H and O–H groups in total.